The summed E-state index contributed by atoms with van der Waals surface area (Å²) in [6, 6.07) is 24.1. The Morgan fingerprint density at radius 3 is 2.38 bits per heavy atom. The molecule has 192 valence electrons. The first-order valence-electron chi connectivity index (χ1n) is 12.8. The van der Waals surface area contributed by atoms with Crippen LogP contribution in [-0.2, 0) is 5.41 Å². The molecule has 0 spiro atoms. The summed E-state index contributed by atoms with van der Waals surface area (Å²) in [5.74, 6) is 3.50. The number of fused-ring (bicyclic) bond motifs is 3. The zero-order valence-electron chi connectivity index (χ0n) is 22.6. The second-order valence-electron chi connectivity index (χ2n) is 10.7. The lowest BCUT2D eigenvalue weighted by Crippen LogP contribution is -2.12. The number of benzene rings is 3. The third-order valence-corrected chi connectivity index (χ3v) is 6.85. The largest absolute Gasteiger partial charge is 0.459 e. The fourth-order valence-corrected chi connectivity index (χ4v) is 4.98. The highest BCUT2D eigenvalue weighted by atomic mass is 16.5. The Labute approximate surface area is 227 Å². The summed E-state index contributed by atoms with van der Waals surface area (Å²) >= 11 is 0. The van der Waals surface area contributed by atoms with Crippen molar-refractivity contribution in [2.45, 2.75) is 40.0 Å². The summed E-state index contributed by atoms with van der Waals surface area (Å²) < 4.78 is 10.3. The van der Waals surface area contributed by atoms with Crippen molar-refractivity contribution in [2.75, 3.05) is 0 Å². The Morgan fingerprint density at radius 2 is 1.64 bits per heavy atom. The molecule has 0 radical (unpaired) electrons. The van der Waals surface area contributed by atoms with Gasteiger partial charge in [0, 0.05) is 29.1 Å². The summed E-state index contributed by atoms with van der Waals surface area (Å²) in [7, 11) is 0. The van der Waals surface area contributed by atoms with Crippen LogP contribution in [0.1, 0.15) is 38.0 Å². The molecule has 0 saturated heterocycles. The number of nitrogens with zero attached hydrogens (tertiary/aromatic N) is 6. The number of pyridine rings is 1. The minimum absolute atomic E-state index is 0.00264. The third kappa shape index (κ3) is 4.40. The van der Waals surface area contributed by atoms with Gasteiger partial charge in [0.15, 0.2) is 5.69 Å². The summed E-state index contributed by atoms with van der Waals surface area (Å²) in [5, 5.41) is 6.74. The van der Waals surface area contributed by atoms with Crippen molar-refractivity contribution < 1.29 is 4.74 Å². The van der Waals surface area contributed by atoms with Gasteiger partial charge < -0.3 is 4.74 Å². The van der Waals surface area contributed by atoms with Crippen LogP contribution >= 0.6 is 0 Å². The zero-order valence-corrected chi connectivity index (χ0v) is 22.6. The maximum Gasteiger partial charge on any atom is 0.193 e. The van der Waals surface area contributed by atoms with Crippen molar-refractivity contribution in [1.29, 1.82) is 0 Å². The molecule has 7 heteroatoms. The van der Waals surface area contributed by atoms with Gasteiger partial charge in [0.1, 0.15) is 29.0 Å². The number of ether oxygens (including phenoxy) is 1. The molecular formula is C32H28N6O. The van der Waals surface area contributed by atoms with Crippen LogP contribution in [-0.4, -0.2) is 24.3 Å². The molecule has 0 unspecified atom stereocenters. The molecule has 0 amide bonds. The first kappa shape index (κ1) is 24.4. The molecule has 0 fully saturated rings. The maximum absolute atomic E-state index is 7.61. The van der Waals surface area contributed by atoms with E-state index in [1.54, 1.807) is 16.8 Å². The van der Waals surface area contributed by atoms with Gasteiger partial charge in [-0.25, -0.2) is 19.5 Å². The lowest BCUT2D eigenvalue weighted by Gasteiger charge is -2.20. The van der Waals surface area contributed by atoms with Crippen LogP contribution in [0.5, 0.6) is 11.5 Å². The highest BCUT2D eigenvalue weighted by Gasteiger charge is 2.18. The van der Waals surface area contributed by atoms with E-state index < -0.39 is 0 Å². The van der Waals surface area contributed by atoms with E-state index in [0.29, 0.717) is 23.0 Å². The van der Waals surface area contributed by atoms with E-state index in [9.17, 15) is 0 Å². The first-order chi connectivity index (χ1) is 18.7. The molecule has 0 atom stereocenters. The molecule has 0 aliphatic rings. The van der Waals surface area contributed by atoms with Crippen LogP contribution in [0.15, 0.2) is 79.0 Å². The van der Waals surface area contributed by atoms with Crippen molar-refractivity contribution in [1.82, 2.24) is 24.3 Å². The van der Waals surface area contributed by atoms with E-state index in [1.165, 1.54) is 5.56 Å². The van der Waals surface area contributed by atoms with Gasteiger partial charge in [-0.3, -0.25) is 4.57 Å². The Balaban J connectivity index is 1.49. The van der Waals surface area contributed by atoms with Gasteiger partial charge in [-0.05, 0) is 67.3 Å². The second-order valence-corrected chi connectivity index (χ2v) is 10.7. The van der Waals surface area contributed by atoms with Crippen molar-refractivity contribution in [2.24, 2.45) is 0 Å². The summed E-state index contributed by atoms with van der Waals surface area (Å²) in [6.45, 7) is 18.0. The molecule has 0 saturated carbocycles. The molecule has 0 bridgehead atoms. The van der Waals surface area contributed by atoms with Gasteiger partial charge in [-0.2, -0.15) is 5.10 Å². The number of aromatic nitrogens is 5. The Morgan fingerprint density at radius 1 is 0.846 bits per heavy atom. The number of para-hydroxylation sites is 1. The normalized spacial score (nSPS) is 11.7. The van der Waals surface area contributed by atoms with Crippen LogP contribution in [0.3, 0.4) is 0 Å². The molecule has 0 N–H and O–H groups in total. The van der Waals surface area contributed by atoms with Gasteiger partial charge in [0.2, 0.25) is 0 Å². The van der Waals surface area contributed by atoms with Crippen LogP contribution < -0.4 is 4.74 Å². The van der Waals surface area contributed by atoms with E-state index in [4.69, 9.17) is 16.3 Å². The third-order valence-electron chi connectivity index (χ3n) is 6.85. The minimum atomic E-state index is -0.00264. The molecule has 7 nitrogen and oxygen atoms in total. The Bertz CT molecular complexity index is 1920. The van der Waals surface area contributed by atoms with Crippen molar-refractivity contribution in [3.8, 4) is 23.0 Å². The van der Waals surface area contributed by atoms with Crippen LogP contribution in [0.25, 0.3) is 38.2 Å². The number of hydrogen-bond acceptors (Lipinski definition) is 4. The summed E-state index contributed by atoms with van der Waals surface area (Å²) in [4.78, 5) is 12.8. The predicted molar refractivity (Wildman–Crippen MR) is 154 cm³/mol. The molecule has 0 aliphatic heterocycles. The molecule has 0 aliphatic carbocycles. The number of hydrogen-bond donors (Lipinski definition) is 0. The average Bonchev–Trinajstić information content (AvgIpc) is 3.43. The van der Waals surface area contributed by atoms with Gasteiger partial charge in [-0.1, -0.05) is 39.0 Å². The van der Waals surface area contributed by atoms with E-state index in [0.717, 1.165) is 39.1 Å². The Hall–Kier alpha value is -4.96. The first-order valence-corrected chi connectivity index (χ1v) is 12.8. The monoisotopic (exact) mass is 512 g/mol. The molecule has 3 aromatic carbocycles. The van der Waals surface area contributed by atoms with Crippen LogP contribution in [0, 0.1) is 20.4 Å². The smallest absolute Gasteiger partial charge is 0.193 e. The van der Waals surface area contributed by atoms with Gasteiger partial charge in [0.05, 0.1) is 23.3 Å². The standard InChI is InChI=1S/C32H28N6O/c1-20-35-21(2)38(36-20)24-16-23(33-6)17-26(18-24)39-25-11-12-28-27-9-7-8-10-29(27)37(30(28)19-25)31-15-22(13-14-34-31)32(3,4)5/h7-19H,1-5H3. The molecule has 6 aromatic rings. The Kier molecular flexibility index (Phi) is 5.69. The highest BCUT2D eigenvalue weighted by Crippen LogP contribution is 2.36. The maximum atomic E-state index is 7.61. The quantitative estimate of drug-likeness (QED) is 0.224. The predicted octanol–water partition coefficient (Wildman–Crippen LogP) is 8.02. The van der Waals surface area contributed by atoms with Crippen molar-refractivity contribution in [3.05, 3.63) is 108 Å². The SMILES string of the molecule is [C-]#[N+]c1cc(Oc2ccc3c4ccccc4n(-c4cc(C(C)(C)C)ccn4)c3c2)cc(-n2nc(C)nc2C)c1. The van der Waals surface area contributed by atoms with Crippen LogP contribution in [0.4, 0.5) is 5.69 Å². The molecule has 3 heterocycles. The molecule has 3 aromatic heterocycles. The van der Waals surface area contributed by atoms with E-state index in [-0.39, 0.29) is 5.41 Å². The van der Waals surface area contributed by atoms with Gasteiger partial charge in [0.25, 0.3) is 0 Å². The topological polar surface area (TPSA) is 62.1 Å². The molecular weight excluding hydrogens is 484 g/mol. The van der Waals surface area contributed by atoms with E-state index in [1.807, 2.05) is 44.3 Å². The second kappa shape index (κ2) is 9.10. The van der Waals surface area contributed by atoms with Crippen molar-refractivity contribution >= 4 is 27.5 Å². The van der Waals surface area contributed by atoms with E-state index >= 15 is 0 Å². The lowest BCUT2D eigenvalue weighted by molar-refractivity contribution is 0.483. The minimum Gasteiger partial charge on any atom is -0.459 e. The molecule has 39 heavy (non-hydrogen) atoms. The lowest BCUT2D eigenvalue weighted by atomic mass is 9.88. The number of rotatable bonds is 4. The fourth-order valence-electron chi connectivity index (χ4n) is 4.98. The highest BCUT2D eigenvalue weighted by molar-refractivity contribution is 6.09. The van der Waals surface area contributed by atoms with Gasteiger partial charge >= 0.3 is 0 Å². The van der Waals surface area contributed by atoms with Gasteiger partial charge in [-0.15, -0.1) is 0 Å². The molecule has 6 rings (SSSR count). The van der Waals surface area contributed by atoms with E-state index in [2.05, 4.69) is 76.7 Å². The average molecular weight is 513 g/mol. The zero-order chi connectivity index (χ0) is 27.3. The van der Waals surface area contributed by atoms with Crippen molar-refractivity contribution in [3.63, 3.8) is 0 Å². The summed E-state index contributed by atoms with van der Waals surface area (Å²) in [6.07, 6.45) is 1.88. The number of aryl methyl sites for hydroxylation is 2. The summed E-state index contributed by atoms with van der Waals surface area (Å²) in [5.41, 5.74) is 4.49. The fraction of sp³-hybridized carbons (Fsp3) is 0.188. The van der Waals surface area contributed by atoms with Crippen LogP contribution in [0.2, 0.25) is 0 Å².